The highest BCUT2D eigenvalue weighted by Gasteiger charge is 2.34. The van der Waals surface area contributed by atoms with Gasteiger partial charge in [0, 0.05) is 0 Å². The summed E-state index contributed by atoms with van der Waals surface area (Å²) in [5.74, 6) is -0.612. The second-order valence-electron chi connectivity index (χ2n) is 4.73. The maximum Gasteiger partial charge on any atom is 0.418 e. The zero-order valence-corrected chi connectivity index (χ0v) is 12.5. The summed E-state index contributed by atoms with van der Waals surface area (Å²) < 4.78 is 40.1. The molecule has 1 aromatic carbocycles. The molecule has 0 aliphatic carbocycles. The van der Waals surface area contributed by atoms with Crippen LogP contribution in [0.15, 0.2) is 30.5 Å². The summed E-state index contributed by atoms with van der Waals surface area (Å²) in [6.07, 6.45) is -3.16. The Morgan fingerprint density at radius 2 is 2.00 bits per heavy atom. The van der Waals surface area contributed by atoms with Crippen LogP contribution in [-0.2, 0) is 11.0 Å². The van der Waals surface area contributed by atoms with Crippen molar-refractivity contribution in [3.05, 3.63) is 46.7 Å². The second-order valence-corrected chi connectivity index (χ2v) is 5.14. The highest BCUT2D eigenvalue weighted by Crippen LogP contribution is 2.34. The molecule has 22 heavy (non-hydrogen) atoms. The number of nitrogens with zero attached hydrogens (tertiary/aromatic N) is 2. The van der Waals surface area contributed by atoms with Crippen molar-refractivity contribution >= 4 is 23.2 Å². The van der Waals surface area contributed by atoms with Gasteiger partial charge in [-0.3, -0.25) is 9.48 Å². The van der Waals surface area contributed by atoms with Gasteiger partial charge in [-0.25, -0.2) is 0 Å². The molecule has 0 aliphatic rings. The Labute approximate surface area is 129 Å². The van der Waals surface area contributed by atoms with Gasteiger partial charge in [0.05, 0.1) is 28.2 Å². The van der Waals surface area contributed by atoms with E-state index < -0.39 is 23.7 Å². The van der Waals surface area contributed by atoms with Gasteiger partial charge in [-0.1, -0.05) is 23.7 Å². The first-order valence-electron chi connectivity index (χ1n) is 6.38. The first-order chi connectivity index (χ1) is 10.2. The summed E-state index contributed by atoms with van der Waals surface area (Å²) in [6.45, 7) is 3.20. The molecule has 1 aromatic heterocycles. The van der Waals surface area contributed by atoms with Crippen molar-refractivity contribution in [2.45, 2.75) is 26.1 Å². The third-order valence-electron chi connectivity index (χ3n) is 3.22. The van der Waals surface area contributed by atoms with Crippen molar-refractivity contribution in [2.75, 3.05) is 5.32 Å². The number of halogens is 4. The number of nitrogens with one attached hydrogen (secondary N) is 1. The summed E-state index contributed by atoms with van der Waals surface area (Å²) in [5.41, 5.74) is -0.623. The van der Waals surface area contributed by atoms with Crippen molar-refractivity contribution in [1.82, 2.24) is 9.78 Å². The van der Waals surface area contributed by atoms with Crippen molar-refractivity contribution in [3.63, 3.8) is 0 Å². The van der Waals surface area contributed by atoms with E-state index >= 15 is 0 Å². The minimum Gasteiger partial charge on any atom is -0.324 e. The molecule has 2 rings (SSSR count). The number of carbonyl (C=O) groups is 1. The number of benzene rings is 1. The van der Waals surface area contributed by atoms with Crippen LogP contribution in [-0.4, -0.2) is 15.7 Å². The molecule has 0 radical (unpaired) electrons. The maximum atomic E-state index is 12.9. The predicted molar refractivity (Wildman–Crippen MR) is 76.8 cm³/mol. The van der Waals surface area contributed by atoms with Gasteiger partial charge in [-0.2, -0.15) is 18.3 Å². The number of alkyl halides is 3. The fourth-order valence-electron chi connectivity index (χ4n) is 1.98. The molecular weight excluding hydrogens is 319 g/mol. The van der Waals surface area contributed by atoms with Gasteiger partial charge >= 0.3 is 6.18 Å². The van der Waals surface area contributed by atoms with E-state index in [9.17, 15) is 18.0 Å². The van der Waals surface area contributed by atoms with E-state index in [-0.39, 0.29) is 5.69 Å². The van der Waals surface area contributed by atoms with E-state index in [0.717, 1.165) is 6.07 Å². The molecule has 8 heteroatoms. The van der Waals surface area contributed by atoms with Crippen LogP contribution in [0.2, 0.25) is 5.02 Å². The molecule has 0 bridgehead atoms. The van der Waals surface area contributed by atoms with Gasteiger partial charge in [0.1, 0.15) is 6.04 Å². The number of hydrogen-bond donors (Lipinski definition) is 1. The number of para-hydroxylation sites is 1. The SMILES string of the molecule is Cc1c(Cl)cnn1C(C)C(=O)Nc1ccccc1C(F)(F)F. The van der Waals surface area contributed by atoms with Gasteiger partial charge < -0.3 is 5.32 Å². The lowest BCUT2D eigenvalue weighted by Crippen LogP contribution is -2.26. The summed E-state index contributed by atoms with van der Waals surface area (Å²) in [6, 6.07) is 4.01. The third-order valence-corrected chi connectivity index (χ3v) is 3.59. The van der Waals surface area contributed by atoms with Crippen molar-refractivity contribution < 1.29 is 18.0 Å². The van der Waals surface area contributed by atoms with Gasteiger partial charge in [0.25, 0.3) is 0 Å². The Kier molecular flexibility index (Phi) is 4.46. The second kappa shape index (κ2) is 6.00. The maximum absolute atomic E-state index is 12.9. The normalized spacial score (nSPS) is 13.0. The zero-order chi connectivity index (χ0) is 16.5. The minimum atomic E-state index is -4.54. The van der Waals surface area contributed by atoms with Crippen molar-refractivity contribution in [3.8, 4) is 0 Å². The fraction of sp³-hybridized carbons (Fsp3) is 0.286. The van der Waals surface area contributed by atoms with Gasteiger partial charge in [0.2, 0.25) is 5.91 Å². The largest absolute Gasteiger partial charge is 0.418 e. The Bertz CT molecular complexity index is 697. The van der Waals surface area contributed by atoms with Crippen LogP contribution in [0.1, 0.15) is 24.2 Å². The lowest BCUT2D eigenvalue weighted by Gasteiger charge is -2.17. The average Bonchev–Trinajstić information content (AvgIpc) is 2.77. The molecule has 1 unspecified atom stereocenters. The van der Waals surface area contributed by atoms with Crippen LogP contribution in [0.3, 0.4) is 0 Å². The van der Waals surface area contributed by atoms with Crippen LogP contribution in [0.5, 0.6) is 0 Å². The zero-order valence-electron chi connectivity index (χ0n) is 11.8. The van der Waals surface area contributed by atoms with Crippen LogP contribution >= 0.6 is 11.6 Å². The van der Waals surface area contributed by atoms with E-state index in [1.165, 1.54) is 36.0 Å². The van der Waals surface area contributed by atoms with E-state index in [4.69, 9.17) is 11.6 Å². The summed E-state index contributed by atoms with van der Waals surface area (Å²) in [4.78, 5) is 12.2. The molecule has 0 saturated heterocycles. The molecule has 2 aromatic rings. The Balaban J connectivity index is 2.25. The quantitative estimate of drug-likeness (QED) is 0.921. The third kappa shape index (κ3) is 3.24. The Hall–Kier alpha value is -2.02. The molecule has 0 saturated carbocycles. The monoisotopic (exact) mass is 331 g/mol. The number of rotatable bonds is 3. The smallest absolute Gasteiger partial charge is 0.324 e. The highest BCUT2D eigenvalue weighted by molar-refractivity contribution is 6.31. The lowest BCUT2D eigenvalue weighted by molar-refractivity contribution is -0.137. The topological polar surface area (TPSA) is 46.9 Å². The Morgan fingerprint density at radius 1 is 1.36 bits per heavy atom. The average molecular weight is 332 g/mol. The van der Waals surface area contributed by atoms with E-state index in [2.05, 4.69) is 10.4 Å². The predicted octanol–water partition coefficient (Wildman–Crippen LogP) is 4.06. The van der Waals surface area contributed by atoms with Crippen LogP contribution < -0.4 is 5.32 Å². The Morgan fingerprint density at radius 3 is 2.55 bits per heavy atom. The molecule has 1 atom stereocenters. The molecule has 1 amide bonds. The molecular formula is C14H13ClF3N3O. The molecule has 0 spiro atoms. The fourth-order valence-corrected chi connectivity index (χ4v) is 2.11. The summed E-state index contributed by atoms with van der Waals surface area (Å²) >= 11 is 5.86. The van der Waals surface area contributed by atoms with Crippen LogP contribution in [0.25, 0.3) is 0 Å². The van der Waals surface area contributed by atoms with Gasteiger partial charge in [0.15, 0.2) is 0 Å². The van der Waals surface area contributed by atoms with Crippen LogP contribution in [0.4, 0.5) is 18.9 Å². The lowest BCUT2D eigenvalue weighted by atomic mass is 10.1. The van der Waals surface area contributed by atoms with Crippen molar-refractivity contribution in [2.24, 2.45) is 0 Å². The first kappa shape index (κ1) is 16.4. The molecule has 118 valence electrons. The van der Waals surface area contributed by atoms with E-state index in [1.807, 2.05) is 0 Å². The number of anilines is 1. The summed E-state index contributed by atoms with van der Waals surface area (Å²) in [5, 5.41) is 6.62. The molecule has 1 heterocycles. The minimum absolute atomic E-state index is 0.289. The van der Waals surface area contributed by atoms with E-state index in [1.54, 1.807) is 6.92 Å². The number of carbonyl (C=O) groups excluding carboxylic acids is 1. The molecule has 4 nitrogen and oxygen atoms in total. The molecule has 0 fully saturated rings. The molecule has 0 aliphatic heterocycles. The van der Waals surface area contributed by atoms with E-state index in [0.29, 0.717) is 10.7 Å². The van der Waals surface area contributed by atoms with Crippen molar-refractivity contribution in [1.29, 1.82) is 0 Å². The number of amides is 1. The number of hydrogen-bond acceptors (Lipinski definition) is 2. The number of aromatic nitrogens is 2. The standard InChI is InChI=1S/C14H13ClF3N3O/c1-8-11(15)7-19-21(8)9(2)13(22)20-12-6-4-3-5-10(12)14(16,17)18/h3-7,9H,1-2H3,(H,20,22). The summed E-state index contributed by atoms with van der Waals surface area (Å²) in [7, 11) is 0. The van der Waals surface area contributed by atoms with Gasteiger partial charge in [-0.15, -0.1) is 0 Å². The van der Waals surface area contributed by atoms with Gasteiger partial charge in [-0.05, 0) is 26.0 Å². The first-order valence-corrected chi connectivity index (χ1v) is 6.76. The molecule has 1 N–H and O–H groups in total. The highest BCUT2D eigenvalue weighted by atomic mass is 35.5. The van der Waals surface area contributed by atoms with Crippen LogP contribution in [0, 0.1) is 6.92 Å².